The zero-order chi connectivity index (χ0) is 20.4. The minimum atomic E-state index is -0.732. The molecule has 5 nitrogen and oxygen atoms in total. The molecule has 0 radical (unpaired) electrons. The maximum atomic E-state index is 15.3. The van der Waals surface area contributed by atoms with Crippen molar-refractivity contribution in [3.8, 4) is 0 Å². The Labute approximate surface area is 171 Å². The largest absolute Gasteiger partial charge is 0.373 e. The van der Waals surface area contributed by atoms with Crippen LogP contribution in [0.2, 0.25) is 0 Å². The number of hydrogen-bond acceptors (Lipinski definition) is 4. The van der Waals surface area contributed by atoms with Crippen LogP contribution in [-0.4, -0.2) is 41.0 Å². The Morgan fingerprint density at radius 2 is 2.00 bits per heavy atom. The Morgan fingerprint density at radius 3 is 2.76 bits per heavy atom. The van der Waals surface area contributed by atoms with Crippen molar-refractivity contribution in [1.29, 1.82) is 0 Å². The van der Waals surface area contributed by atoms with Gasteiger partial charge in [0, 0.05) is 31.7 Å². The van der Waals surface area contributed by atoms with Crippen LogP contribution in [0.3, 0.4) is 0 Å². The molecule has 0 spiro atoms. The van der Waals surface area contributed by atoms with E-state index in [1.165, 1.54) is 11.6 Å². The molecule has 3 atom stereocenters. The molecule has 29 heavy (non-hydrogen) atoms. The highest BCUT2D eigenvalue weighted by molar-refractivity contribution is 5.78. The number of aromatic amines is 1. The fraction of sp³-hybridized carbons (Fsp3) is 0.478. The van der Waals surface area contributed by atoms with Crippen molar-refractivity contribution in [2.75, 3.05) is 20.7 Å². The molecule has 1 saturated carbocycles. The Balaban J connectivity index is 1.72. The lowest BCUT2D eigenvalue weighted by molar-refractivity contribution is -0.133. The van der Waals surface area contributed by atoms with Crippen molar-refractivity contribution < 1.29 is 9.13 Å². The van der Waals surface area contributed by atoms with Crippen molar-refractivity contribution in [2.24, 2.45) is 11.8 Å². The van der Waals surface area contributed by atoms with E-state index in [9.17, 15) is 0 Å². The van der Waals surface area contributed by atoms with Crippen LogP contribution >= 0.6 is 0 Å². The van der Waals surface area contributed by atoms with Gasteiger partial charge in [0.15, 0.2) is 0 Å². The molecule has 1 N–H and O–H groups in total. The quantitative estimate of drug-likeness (QED) is 0.666. The first-order valence-corrected chi connectivity index (χ1v) is 10.3. The summed E-state index contributed by atoms with van der Waals surface area (Å²) in [6.45, 7) is 3.84. The Morgan fingerprint density at radius 1 is 1.21 bits per heavy atom. The normalized spacial score (nSPS) is 25.0. The fourth-order valence-corrected chi connectivity index (χ4v) is 5.25. The third-order valence-corrected chi connectivity index (χ3v) is 6.53. The van der Waals surface area contributed by atoms with Gasteiger partial charge in [0.25, 0.3) is 0 Å². The van der Waals surface area contributed by atoms with Crippen LogP contribution in [0.25, 0.3) is 11.0 Å². The Bertz CT molecular complexity index is 960. The maximum absolute atomic E-state index is 15.3. The first-order chi connectivity index (χ1) is 14.1. The minimum Gasteiger partial charge on any atom is -0.373 e. The number of aromatic nitrogens is 3. The summed E-state index contributed by atoms with van der Waals surface area (Å²) < 4.78 is 21.5. The predicted molar refractivity (Wildman–Crippen MR) is 112 cm³/mol. The lowest BCUT2D eigenvalue weighted by atomic mass is 9.65. The standard InChI is InChI=1S/C23H29FN4O/c1-16-8-7-11-18(15-28(2)14-17-9-5-4-6-10-17)23(16,29-3)21-19(24)12-13-20-22(21)26-27-25-20/h4-6,9-10,12-13,16,18H,7-8,11,14-15H2,1-3H3,(H,25,26,27). The first kappa shape index (κ1) is 20.0. The van der Waals surface area contributed by atoms with E-state index in [2.05, 4.69) is 58.5 Å². The Kier molecular flexibility index (Phi) is 5.65. The van der Waals surface area contributed by atoms with Gasteiger partial charge in [0.1, 0.15) is 16.9 Å². The number of H-pyrrole nitrogens is 1. The van der Waals surface area contributed by atoms with Crippen molar-refractivity contribution in [2.45, 2.75) is 38.3 Å². The van der Waals surface area contributed by atoms with Crippen LogP contribution in [-0.2, 0) is 16.9 Å². The number of nitrogens with one attached hydrogen (secondary N) is 1. The van der Waals surface area contributed by atoms with E-state index in [1.807, 2.05) is 6.07 Å². The summed E-state index contributed by atoms with van der Waals surface area (Å²) in [6, 6.07) is 13.6. The molecule has 0 saturated heterocycles. The molecule has 1 heterocycles. The SMILES string of the molecule is COC1(c2c(F)ccc3[nH]nnc23)C(C)CCCC1CN(C)Cc1ccccc1. The molecule has 0 aliphatic heterocycles. The highest BCUT2D eigenvalue weighted by Crippen LogP contribution is 2.50. The minimum absolute atomic E-state index is 0.154. The van der Waals surface area contributed by atoms with Gasteiger partial charge >= 0.3 is 0 Å². The van der Waals surface area contributed by atoms with Crippen molar-refractivity contribution in [1.82, 2.24) is 20.3 Å². The fourth-order valence-electron chi connectivity index (χ4n) is 5.25. The number of halogens is 1. The molecule has 3 aromatic rings. The van der Waals surface area contributed by atoms with E-state index in [1.54, 1.807) is 13.2 Å². The molecular formula is C23H29FN4O. The van der Waals surface area contributed by atoms with Gasteiger partial charge in [-0.3, -0.25) is 5.10 Å². The molecule has 2 aromatic carbocycles. The van der Waals surface area contributed by atoms with E-state index in [0.29, 0.717) is 11.1 Å². The van der Waals surface area contributed by atoms with Gasteiger partial charge in [-0.15, -0.1) is 5.10 Å². The number of rotatable bonds is 6. The van der Waals surface area contributed by atoms with Crippen LogP contribution in [0.5, 0.6) is 0 Å². The molecule has 4 rings (SSSR count). The number of benzene rings is 2. The van der Waals surface area contributed by atoms with Gasteiger partial charge in [-0.25, -0.2) is 4.39 Å². The molecule has 0 bridgehead atoms. The molecule has 0 amide bonds. The summed E-state index contributed by atoms with van der Waals surface area (Å²) in [5.74, 6) is 0.0626. The third kappa shape index (κ3) is 3.55. The van der Waals surface area contributed by atoms with E-state index in [-0.39, 0.29) is 17.7 Å². The van der Waals surface area contributed by atoms with Crippen LogP contribution in [0.15, 0.2) is 42.5 Å². The molecule has 154 valence electrons. The molecule has 1 fully saturated rings. The van der Waals surface area contributed by atoms with Gasteiger partial charge in [-0.2, -0.15) is 0 Å². The second kappa shape index (κ2) is 8.20. The smallest absolute Gasteiger partial charge is 0.131 e. The number of methoxy groups -OCH3 is 1. The summed E-state index contributed by atoms with van der Waals surface area (Å²) in [4.78, 5) is 2.31. The summed E-state index contributed by atoms with van der Waals surface area (Å²) in [5.41, 5.74) is 2.41. The van der Waals surface area contributed by atoms with Crippen molar-refractivity contribution >= 4 is 11.0 Å². The molecule has 6 heteroatoms. The predicted octanol–water partition coefficient (Wildman–Crippen LogP) is 4.51. The van der Waals surface area contributed by atoms with Gasteiger partial charge in [0.05, 0.1) is 5.52 Å². The van der Waals surface area contributed by atoms with Crippen molar-refractivity contribution in [3.05, 3.63) is 59.4 Å². The number of fused-ring (bicyclic) bond motifs is 1. The maximum Gasteiger partial charge on any atom is 0.131 e. The average Bonchev–Trinajstić information content (AvgIpc) is 3.19. The monoisotopic (exact) mass is 396 g/mol. The second-order valence-corrected chi connectivity index (χ2v) is 8.34. The number of ether oxygens (including phenoxy) is 1. The van der Waals surface area contributed by atoms with Crippen LogP contribution < -0.4 is 0 Å². The third-order valence-electron chi connectivity index (χ3n) is 6.53. The topological polar surface area (TPSA) is 54.0 Å². The highest BCUT2D eigenvalue weighted by Gasteiger charge is 2.50. The molecule has 3 unspecified atom stereocenters. The number of hydrogen-bond donors (Lipinski definition) is 1. The first-order valence-electron chi connectivity index (χ1n) is 10.3. The van der Waals surface area contributed by atoms with E-state index >= 15 is 4.39 Å². The second-order valence-electron chi connectivity index (χ2n) is 8.34. The zero-order valence-electron chi connectivity index (χ0n) is 17.4. The van der Waals surface area contributed by atoms with Crippen LogP contribution in [0.1, 0.15) is 37.3 Å². The van der Waals surface area contributed by atoms with E-state index in [4.69, 9.17) is 4.74 Å². The zero-order valence-corrected chi connectivity index (χ0v) is 17.4. The summed E-state index contributed by atoms with van der Waals surface area (Å²) in [6.07, 6.45) is 3.11. The highest BCUT2D eigenvalue weighted by atomic mass is 19.1. The van der Waals surface area contributed by atoms with Gasteiger partial charge in [0.2, 0.25) is 0 Å². The number of nitrogens with zero attached hydrogens (tertiary/aromatic N) is 3. The van der Waals surface area contributed by atoms with Gasteiger partial charge < -0.3 is 9.64 Å². The van der Waals surface area contributed by atoms with Crippen molar-refractivity contribution in [3.63, 3.8) is 0 Å². The molecular weight excluding hydrogens is 367 g/mol. The van der Waals surface area contributed by atoms with E-state index in [0.717, 1.165) is 37.9 Å². The molecule has 1 aromatic heterocycles. The van der Waals surface area contributed by atoms with Gasteiger partial charge in [-0.05, 0) is 43.5 Å². The van der Waals surface area contributed by atoms with Gasteiger partial charge in [-0.1, -0.05) is 48.9 Å². The molecule has 1 aliphatic carbocycles. The van der Waals surface area contributed by atoms with Crippen LogP contribution in [0.4, 0.5) is 4.39 Å². The summed E-state index contributed by atoms with van der Waals surface area (Å²) in [5, 5.41) is 11.0. The van der Waals surface area contributed by atoms with E-state index < -0.39 is 5.60 Å². The Hall–Kier alpha value is -2.31. The average molecular weight is 397 g/mol. The lowest BCUT2D eigenvalue weighted by Gasteiger charge is -2.49. The van der Waals surface area contributed by atoms with Crippen LogP contribution in [0, 0.1) is 17.7 Å². The summed E-state index contributed by atoms with van der Waals surface area (Å²) in [7, 11) is 3.84. The molecule has 1 aliphatic rings. The lowest BCUT2D eigenvalue weighted by Crippen LogP contribution is -2.50. The summed E-state index contributed by atoms with van der Waals surface area (Å²) >= 11 is 0.